The predicted octanol–water partition coefficient (Wildman–Crippen LogP) is 2.71. The lowest BCUT2D eigenvalue weighted by atomic mass is 9.98. The van der Waals surface area contributed by atoms with E-state index in [4.69, 9.17) is 0 Å². The number of Topliss-reactive ketones (excluding diaryl/α,β-unsaturated/α-hetero) is 1. The number of halogens is 1. The van der Waals surface area contributed by atoms with Crippen molar-refractivity contribution < 1.29 is 9.90 Å². The van der Waals surface area contributed by atoms with Crippen molar-refractivity contribution in [2.75, 3.05) is 0 Å². The van der Waals surface area contributed by atoms with Gasteiger partial charge in [-0.25, -0.2) is 0 Å². The molecule has 14 heavy (non-hydrogen) atoms. The molecular weight excluding hydrogens is 244 g/mol. The first kappa shape index (κ1) is 11.4. The van der Waals surface area contributed by atoms with Gasteiger partial charge in [-0.2, -0.15) is 0 Å². The van der Waals surface area contributed by atoms with Gasteiger partial charge in [-0.3, -0.25) is 4.79 Å². The largest absolute Gasteiger partial charge is 0.381 e. The molecule has 3 heteroatoms. The lowest BCUT2D eigenvalue weighted by Crippen LogP contribution is -2.17. The molecule has 1 unspecified atom stereocenters. The zero-order chi connectivity index (χ0) is 10.7. The maximum atomic E-state index is 11.5. The molecule has 0 saturated heterocycles. The topological polar surface area (TPSA) is 37.3 Å². The minimum atomic E-state index is -0.997. The molecule has 1 aromatic rings. The number of hydrogen-bond acceptors (Lipinski definition) is 2. The zero-order valence-corrected chi connectivity index (χ0v) is 9.78. The first-order valence-electron chi connectivity index (χ1n) is 4.49. The lowest BCUT2D eigenvalue weighted by Gasteiger charge is -2.12. The Balaban J connectivity index is 2.84. The Morgan fingerprint density at radius 3 is 2.21 bits per heavy atom. The summed E-state index contributed by atoms with van der Waals surface area (Å²) >= 11 is 3.29. The number of rotatable bonds is 3. The molecule has 0 aliphatic carbocycles. The van der Waals surface area contributed by atoms with Crippen molar-refractivity contribution in [1.29, 1.82) is 0 Å². The minimum Gasteiger partial charge on any atom is -0.381 e. The van der Waals surface area contributed by atoms with Crippen molar-refractivity contribution in [3.8, 4) is 0 Å². The smallest absolute Gasteiger partial charge is 0.168 e. The summed E-state index contributed by atoms with van der Waals surface area (Å²) in [4.78, 5) is 11.5. The fourth-order valence-corrected chi connectivity index (χ4v) is 1.39. The van der Waals surface area contributed by atoms with E-state index >= 15 is 0 Å². The quantitative estimate of drug-likeness (QED) is 0.903. The first-order chi connectivity index (χ1) is 6.52. The van der Waals surface area contributed by atoms with Gasteiger partial charge < -0.3 is 5.11 Å². The Kier molecular flexibility index (Phi) is 3.84. The third kappa shape index (κ3) is 2.66. The number of benzene rings is 1. The molecule has 1 rings (SSSR count). The summed E-state index contributed by atoms with van der Waals surface area (Å²) in [6.07, 6.45) is -0.997. The Morgan fingerprint density at radius 1 is 1.29 bits per heavy atom. The molecule has 0 amide bonds. The summed E-state index contributed by atoms with van der Waals surface area (Å²) < 4.78 is 0.936. The number of carbonyl (C=O) groups excluding carboxylic acids is 1. The highest BCUT2D eigenvalue weighted by atomic mass is 79.9. The van der Waals surface area contributed by atoms with Crippen LogP contribution in [0, 0.1) is 5.92 Å². The standard InChI is InChI=1S/C11H13BrO2/c1-7(2)10(13)11(14)8-3-5-9(12)6-4-8/h3-7,11,14H,1-2H3. The summed E-state index contributed by atoms with van der Waals surface area (Å²) in [5.41, 5.74) is 0.645. The van der Waals surface area contributed by atoms with Crippen molar-refractivity contribution in [1.82, 2.24) is 0 Å². The van der Waals surface area contributed by atoms with Gasteiger partial charge in [0.25, 0.3) is 0 Å². The van der Waals surface area contributed by atoms with Crippen LogP contribution in [0.4, 0.5) is 0 Å². The highest BCUT2D eigenvalue weighted by Crippen LogP contribution is 2.19. The second kappa shape index (κ2) is 4.71. The van der Waals surface area contributed by atoms with Crippen LogP contribution in [0.25, 0.3) is 0 Å². The van der Waals surface area contributed by atoms with Crippen molar-refractivity contribution in [3.05, 3.63) is 34.3 Å². The van der Waals surface area contributed by atoms with Crippen molar-refractivity contribution in [3.63, 3.8) is 0 Å². The van der Waals surface area contributed by atoms with E-state index in [1.807, 2.05) is 12.1 Å². The van der Waals surface area contributed by atoms with Gasteiger partial charge in [-0.1, -0.05) is 41.9 Å². The van der Waals surface area contributed by atoms with E-state index in [2.05, 4.69) is 15.9 Å². The molecule has 76 valence electrons. The molecule has 0 spiro atoms. The molecule has 0 heterocycles. The summed E-state index contributed by atoms with van der Waals surface area (Å²) in [6.45, 7) is 3.56. The van der Waals surface area contributed by atoms with Crippen LogP contribution in [0.5, 0.6) is 0 Å². The monoisotopic (exact) mass is 256 g/mol. The number of hydrogen-bond donors (Lipinski definition) is 1. The van der Waals surface area contributed by atoms with Gasteiger partial charge in [-0.05, 0) is 17.7 Å². The van der Waals surface area contributed by atoms with Gasteiger partial charge in [-0.15, -0.1) is 0 Å². The van der Waals surface area contributed by atoms with Crippen molar-refractivity contribution >= 4 is 21.7 Å². The van der Waals surface area contributed by atoms with Crippen LogP contribution in [0.1, 0.15) is 25.5 Å². The normalized spacial score (nSPS) is 12.9. The van der Waals surface area contributed by atoms with Crippen LogP contribution in [-0.2, 0) is 4.79 Å². The van der Waals surface area contributed by atoms with E-state index in [1.165, 1.54) is 0 Å². The summed E-state index contributed by atoms with van der Waals surface area (Å²) in [5, 5.41) is 9.69. The summed E-state index contributed by atoms with van der Waals surface area (Å²) in [5.74, 6) is -0.291. The second-order valence-corrected chi connectivity index (χ2v) is 4.43. The Hall–Kier alpha value is -0.670. The number of ketones is 1. The van der Waals surface area contributed by atoms with Crippen LogP contribution in [0.3, 0.4) is 0 Å². The minimum absolute atomic E-state index is 0.145. The third-order valence-corrected chi connectivity index (χ3v) is 2.55. The van der Waals surface area contributed by atoms with Crippen LogP contribution >= 0.6 is 15.9 Å². The average molecular weight is 257 g/mol. The molecule has 1 aromatic carbocycles. The molecule has 1 atom stereocenters. The van der Waals surface area contributed by atoms with Gasteiger partial charge in [0.1, 0.15) is 6.10 Å². The molecule has 1 N–H and O–H groups in total. The van der Waals surface area contributed by atoms with Gasteiger partial charge in [0, 0.05) is 10.4 Å². The molecule has 0 saturated carbocycles. The highest BCUT2D eigenvalue weighted by molar-refractivity contribution is 9.10. The average Bonchev–Trinajstić information content (AvgIpc) is 2.16. The van der Waals surface area contributed by atoms with E-state index in [1.54, 1.807) is 26.0 Å². The summed E-state index contributed by atoms with van der Waals surface area (Å²) in [6, 6.07) is 7.11. The molecule has 0 aliphatic rings. The molecule has 0 aliphatic heterocycles. The summed E-state index contributed by atoms with van der Waals surface area (Å²) in [7, 11) is 0. The predicted molar refractivity (Wildman–Crippen MR) is 58.9 cm³/mol. The van der Waals surface area contributed by atoms with Crippen LogP contribution in [0.2, 0.25) is 0 Å². The Labute approximate surface area is 92.1 Å². The van der Waals surface area contributed by atoms with Gasteiger partial charge in [0.2, 0.25) is 0 Å². The highest BCUT2D eigenvalue weighted by Gasteiger charge is 2.19. The molecule has 0 aromatic heterocycles. The fraction of sp³-hybridized carbons (Fsp3) is 0.364. The number of carbonyl (C=O) groups is 1. The molecule has 0 bridgehead atoms. The van der Waals surface area contributed by atoms with E-state index < -0.39 is 6.10 Å². The van der Waals surface area contributed by atoms with Crippen molar-refractivity contribution in [2.45, 2.75) is 20.0 Å². The Bertz CT molecular complexity index is 317. The van der Waals surface area contributed by atoms with Gasteiger partial charge in [0.15, 0.2) is 5.78 Å². The molecule has 0 radical (unpaired) electrons. The van der Waals surface area contributed by atoms with E-state index in [9.17, 15) is 9.90 Å². The molecule has 0 fully saturated rings. The molecular formula is C11H13BrO2. The number of aliphatic hydroxyl groups excluding tert-OH is 1. The lowest BCUT2D eigenvalue weighted by molar-refractivity contribution is -0.130. The van der Waals surface area contributed by atoms with Crippen LogP contribution < -0.4 is 0 Å². The first-order valence-corrected chi connectivity index (χ1v) is 5.29. The third-order valence-electron chi connectivity index (χ3n) is 2.02. The van der Waals surface area contributed by atoms with Crippen LogP contribution in [0.15, 0.2) is 28.7 Å². The van der Waals surface area contributed by atoms with E-state index in [0.717, 1.165) is 4.47 Å². The fourth-order valence-electron chi connectivity index (χ4n) is 1.13. The maximum Gasteiger partial charge on any atom is 0.168 e. The van der Waals surface area contributed by atoms with E-state index in [-0.39, 0.29) is 11.7 Å². The van der Waals surface area contributed by atoms with Gasteiger partial charge >= 0.3 is 0 Å². The Morgan fingerprint density at radius 2 is 1.79 bits per heavy atom. The maximum absolute atomic E-state index is 11.5. The van der Waals surface area contributed by atoms with E-state index in [0.29, 0.717) is 5.56 Å². The van der Waals surface area contributed by atoms with Gasteiger partial charge in [0.05, 0.1) is 0 Å². The number of aliphatic hydroxyl groups is 1. The zero-order valence-electron chi connectivity index (χ0n) is 8.20. The molecule has 2 nitrogen and oxygen atoms in total. The SMILES string of the molecule is CC(C)C(=O)C(O)c1ccc(Br)cc1. The van der Waals surface area contributed by atoms with Crippen LogP contribution in [-0.4, -0.2) is 10.9 Å². The second-order valence-electron chi connectivity index (χ2n) is 3.51. The van der Waals surface area contributed by atoms with Crippen molar-refractivity contribution in [2.24, 2.45) is 5.92 Å².